The van der Waals surface area contributed by atoms with E-state index in [0.29, 0.717) is 19.4 Å². The van der Waals surface area contributed by atoms with Crippen LogP contribution in [0.1, 0.15) is 52.4 Å². The Morgan fingerprint density at radius 3 is 1.78 bits per heavy atom. The van der Waals surface area contributed by atoms with E-state index in [1.165, 1.54) is 0 Å². The number of hydrogen-bond acceptors (Lipinski definition) is 12. The summed E-state index contributed by atoms with van der Waals surface area (Å²) in [4.78, 5) is 97.5. The molecule has 20 heteroatoms. The van der Waals surface area contributed by atoms with Gasteiger partial charge in [0.1, 0.15) is 36.3 Å². The summed E-state index contributed by atoms with van der Waals surface area (Å²) in [6, 6.07) is -8.62. The van der Waals surface area contributed by atoms with Crippen molar-refractivity contribution in [3.8, 4) is 0 Å². The largest absolute Gasteiger partial charge is 0.480 e. The van der Waals surface area contributed by atoms with Gasteiger partial charge in [-0.15, -0.1) is 0 Å². The minimum Gasteiger partial charge on any atom is -0.480 e. The van der Waals surface area contributed by atoms with E-state index in [2.05, 4.69) is 39.2 Å². The minimum absolute atomic E-state index is 0.108. The number of aliphatic hydroxyl groups is 1. The lowest BCUT2D eigenvalue weighted by atomic mass is 10.1. The van der Waals surface area contributed by atoms with Crippen LogP contribution < -0.4 is 43.8 Å². The first-order chi connectivity index (χ1) is 20.9. The number of carboxylic acids is 2. The maximum Gasteiger partial charge on any atom is 0.325 e. The van der Waals surface area contributed by atoms with Crippen LogP contribution >= 0.6 is 12.6 Å². The van der Waals surface area contributed by atoms with Gasteiger partial charge in [0.15, 0.2) is 0 Å². The van der Waals surface area contributed by atoms with E-state index in [1.807, 2.05) is 0 Å². The lowest BCUT2D eigenvalue weighted by Crippen LogP contribution is -2.61. The van der Waals surface area contributed by atoms with E-state index in [1.54, 1.807) is 0 Å². The number of carbonyl (C=O) groups is 8. The highest BCUT2D eigenvalue weighted by molar-refractivity contribution is 7.80. The van der Waals surface area contributed by atoms with Crippen molar-refractivity contribution in [1.29, 1.82) is 0 Å². The number of carboxylic acid groups (broad SMARTS) is 2. The lowest BCUT2D eigenvalue weighted by Gasteiger charge is -2.26. The molecule has 0 aliphatic heterocycles. The summed E-state index contributed by atoms with van der Waals surface area (Å²) in [5, 5.41) is 39.2. The molecule has 19 nitrogen and oxygen atoms in total. The smallest absolute Gasteiger partial charge is 0.325 e. The highest BCUT2D eigenvalue weighted by atomic mass is 32.1. The number of nitrogens with one attached hydrogen (secondary N) is 5. The van der Waals surface area contributed by atoms with E-state index in [0.717, 1.165) is 13.8 Å². The molecule has 0 heterocycles. The number of carbonyl (C=O) groups excluding carboxylic acids is 6. The molecule has 256 valence electrons. The van der Waals surface area contributed by atoms with E-state index < -0.39 is 96.2 Å². The van der Waals surface area contributed by atoms with Crippen molar-refractivity contribution >= 4 is 60.0 Å². The lowest BCUT2D eigenvalue weighted by molar-refractivity contribution is -0.142. The molecule has 0 radical (unpaired) electrons. The number of amides is 6. The first kappa shape index (κ1) is 41.0. The van der Waals surface area contributed by atoms with Gasteiger partial charge in [0, 0.05) is 12.2 Å². The van der Waals surface area contributed by atoms with Crippen molar-refractivity contribution in [3.05, 3.63) is 0 Å². The second kappa shape index (κ2) is 20.9. The zero-order valence-corrected chi connectivity index (χ0v) is 25.9. The molecule has 0 aromatic carbocycles. The summed E-state index contributed by atoms with van der Waals surface area (Å²) < 4.78 is 0. The van der Waals surface area contributed by atoms with E-state index >= 15 is 0 Å². The summed E-state index contributed by atoms with van der Waals surface area (Å²) in [5.41, 5.74) is 16.1. The molecule has 6 amide bonds. The van der Waals surface area contributed by atoms with Crippen LogP contribution in [0.2, 0.25) is 0 Å². The van der Waals surface area contributed by atoms with Crippen LogP contribution in [-0.4, -0.2) is 117 Å². The molecular formula is C25H44N8O11S. The number of primary amides is 1. The van der Waals surface area contributed by atoms with Crippen molar-refractivity contribution in [3.63, 3.8) is 0 Å². The van der Waals surface area contributed by atoms with E-state index in [9.17, 15) is 43.5 Å². The minimum atomic E-state index is -1.70. The maximum atomic E-state index is 13.1. The topological polar surface area (TPSA) is 335 Å². The third kappa shape index (κ3) is 16.0. The van der Waals surface area contributed by atoms with Crippen LogP contribution in [0.5, 0.6) is 0 Å². The normalized spacial score (nSPS) is 15.5. The molecule has 0 aromatic heterocycles. The number of aliphatic hydroxyl groups excluding tert-OH is 1. The molecule has 0 aliphatic carbocycles. The molecule has 0 saturated carbocycles. The molecule has 0 unspecified atom stereocenters. The SMILES string of the molecule is C[C@H](NC(=O)[C@@H](NC(=O)[C@H](CC(N)=O)NC(=O)[C@H](CS)NC(=O)[C@H](CCCCN)NC(=O)CC[C@H](N)C(=O)O)[C@@H](C)O)C(=O)O. The molecule has 45 heavy (non-hydrogen) atoms. The predicted octanol–water partition coefficient (Wildman–Crippen LogP) is -4.98. The molecule has 0 fully saturated rings. The Morgan fingerprint density at radius 2 is 1.29 bits per heavy atom. The second-order valence-electron chi connectivity index (χ2n) is 10.2. The molecule has 0 aromatic rings. The zero-order chi connectivity index (χ0) is 34.9. The fraction of sp³-hybridized carbons (Fsp3) is 0.680. The quantitative estimate of drug-likeness (QED) is 0.0381. The van der Waals surface area contributed by atoms with Gasteiger partial charge in [0.05, 0.1) is 12.5 Å². The Kier molecular flexibility index (Phi) is 19.0. The summed E-state index contributed by atoms with van der Waals surface area (Å²) in [6.07, 6.45) is -1.77. The van der Waals surface area contributed by atoms with Crippen molar-refractivity contribution < 1.29 is 53.7 Å². The van der Waals surface area contributed by atoms with Crippen LogP contribution in [-0.2, 0) is 38.4 Å². The van der Waals surface area contributed by atoms with Crippen LogP contribution in [0.25, 0.3) is 0 Å². The van der Waals surface area contributed by atoms with Gasteiger partial charge in [-0.25, -0.2) is 0 Å². The van der Waals surface area contributed by atoms with Gasteiger partial charge in [-0.1, -0.05) is 0 Å². The van der Waals surface area contributed by atoms with Crippen molar-refractivity contribution in [2.75, 3.05) is 12.3 Å². The van der Waals surface area contributed by atoms with Crippen LogP contribution in [0.4, 0.5) is 0 Å². The van der Waals surface area contributed by atoms with Crippen molar-refractivity contribution in [2.24, 2.45) is 17.2 Å². The van der Waals surface area contributed by atoms with Crippen LogP contribution in [0.15, 0.2) is 0 Å². The Balaban J connectivity index is 5.71. The molecular weight excluding hydrogens is 620 g/mol. The fourth-order valence-corrected chi connectivity index (χ4v) is 3.87. The number of rotatable bonds is 22. The number of unbranched alkanes of at least 4 members (excludes halogenated alkanes) is 1. The first-order valence-corrected chi connectivity index (χ1v) is 14.6. The highest BCUT2D eigenvalue weighted by Crippen LogP contribution is 2.05. The maximum absolute atomic E-state index is 13.1. The van der Waals surface area contributed by atoms with E-state index in [4.69, 9.17) is 27.4 Å². The van der Waals surface area contributed by atoms with Crippen LogP contribution in [0, 0.1) is 0 Å². The van der Waals surface area contributed by atoms with Gasteiger partial charge < -0.3 is 59.1 Å². The zero-order valence-electron chi connectivity index (χ0n) is 25.0. The molecule has 0 saturated heterocycles. The molecule has 0 rings (SSSR count). The van der Waals surface area contributed by atoms with Gasteiger partial charge in [0.25, 0.3) is 0 Å². The fourth-order valence-electron chi connectivity index (χ4n) is 3.61. The number of thiol groups is 1. The average Bonchev–Trinajstić information content (AvgIpc) is 2.95. The molecule has 0 bridgehead atoms. The molecule has 0 spiro atoms. The standard InChI is InChI=1S/C25H44N8O11S/c1-11(24(41)42)29-23(40)19(12(2)34)33-21(38)15(9-17(28)35)31-22(39)16(10-45)32-20(37)14(5-3-4-8-26)30-18(36)7-6-13(27)25(43)44/h11-16,19,34,45H,3-10,26-27H2,1-2H3,(H2,28,35)(H,29,40)(H,30,36)(H,31,39)(H,32,37)(H,33,38)(H,41,42)(H,43,44)/t11-,12+,13-,14-,15-,16-,19-/m0/s1. The third-order valence-electron chi connectivity index (χ3n) is 6.24. The average molecular weight is 665 g/mol. The Labute approximate surface area is 264 Å². The van der Waals surface area contributed by atoms with Gasteiger partial charge in [-0.05, 0) is 46.1 Å². The van der Waals surface area contributed by atoms with Gasteiger partial charge in [-0.3, -0.25) is 38.4 Å². The van der Waals surface area contributed by atoms with Crippen molar-refractivity contribution in [1.82, 2.24) is 26.6 Å². The molecule has 0 aliphatic rings. The summed E-state index contributed by atoms with van der Waals surface area (Å²) in [6.45, 7) is 2.58. The monoisotopic (exact) mass is 664 g/mol. The Hall–Kier alpha value is -4.01. The summed E-state index contributed by atoms with van der Waals surface area (Å²) in [5.74, 6) is -8.73. The van der Waals surface area contributed by atoms with Gasteiger partial charge in [0.2, 0.25) is 35.4 Å². The Morgan fingerprint density at radius 1 is 0.733 bits per heavy atom. The Bertz CT molecular complexity index is 1080. The summed E-state index contributed by atoms with van der Waals surface area (Å²) in [7, 11) is 0. The number of nitrogens with two attached hydrogens (primary N) is 3. The second-order valence-corrected chi connectivity index (χ2v) is 10.5. The van der Waals surface area contributed by atoms with Gasteiger partial charge >= 0.3 is 11.9 Å². The van der Waals surface area contributed by atoms with Crippen molar-refractivity contribution in [2.45, 2.75) is 94.7 Å². The van der Waals surface area contributed by atoms with E-state index in [-0.39, 0.29) is 25.0 Å². The molecule has 14 N–H and O–H groups in total. The summed E-state index contributed by atoms with van der Waals surface area (Å²) >= 11 is 4.06. The third-order valence-corrected chi connectivity index (χ3v) is 6.61. The number of aliphatic carboxylic acids is 2. The molecule has 7 atom stereocenters. The van der Waals surface area contributed by atoms with Gasteiger partial charge in [-0.2, -0.15) is 12.6 Å². The number of hydrogen-bond donors (Lipinski definition) is 12. The first-order valence-electron chi connectivity index (χ1n) is 13.9. The van der Waals surface area contributed by atoms with Crippen LogP contribution in [0.3, 0.4) is 0 Å². The predicted molar refractivity (Wildman–Crippen MR) is 160 cm³/mol. The highest BCUT2D eigenvalue weighted by Gasteiger charge is 2.34.